The van der Waals surface area contributed by atoms with Crippen LogP contribution >= 0.6 is 0 Å². The van der Waals surface area contributed by atoms with Crippen molar-refractivity contribution in [2.24, 2.45) is 10.2 Å². The number of aromatic hydroxyl groups is 2. The van der Waals surface area contributed by atoms with Crippen molar-refractivity contribution in [2.45, 2.75) is 0 Å². The Hall–Kier alpha value is -5.38. The van der Waals surface area contributed by atoms with Gasteiger partial charge in [0.2, 0.25) is 0 Å². The molecule has 0 atom stereocenters. The van der Waals surface area contributed by atoms with Crippen LogP contribution in [0.5, 0.6) is 23.0 Å². The number of benzene rings is 3. The summed E-state index contributed by atoms with van der Waals surface area (Å²) in [5.74, 6) is 0.209. The summed E-state index contributed by atoms with van der Waals surface area (Å²) in [6.07, 6.45) is 8.48. The Balaban J connectivity index is 1.48. The molecule has 0 fully saturated rings. The monoisotopic (exact) mass is 514 g/mol. The van der Waals surface area contributed by atoms with Crippen molar-refractivity contribution >= 4 is 36.4 Å². The van der Waals surface area contributed by atoms with Gasteiger partial charge in [-0.05, 0) is 59.7 Å². The van der Waals surface area contributed by atoms with Gasteiger partial charge in [-0.2, -0.15) is 10.2 Å². The molecule has 0 aliphatic rings. The fourth-order valence-corrected chi connectivity index (χ4v) is 2.99. The Labute approximate surface area is 219 Å². The third-order valence-corrected chi connectivity index (χ3v) is 5.02. The molecular formula is C28H26N4O6. The Morgan fingerprint density at radius 2 is 1.08 bits per heavy atom. The molecule has 0 radical (unpaired) electrons. The lowest BCUT2D eigenvalue weighted by molar-refractivity contribution is -0.117. The molecule has 0 bridgehead atoms. The maximum absolute atomic E-state index is 12.0. The van der Waals surface area contributed by atoms with Gasteiger partial charge in [-0.3, -0.25) is 9.59 Å². The summed E-state index contributed by atoms with van der Waals surface area (Å²) >= 11 is 0. The first-order valence-electron chi connectivity index (χ1n) is 11.2. The van der Waals surface area contributed by atoms with E-state index >= 15 is 0 Å². The number of hydrazone groups is 2. The number of nitrogens with zero attached hydrogens (tertiary/aromatic N) is 2. The molecule has 0 aliphatic heterocycles. The first-order valence-corrected chi connectivity index (χ1v) is 11.2. The number of hydrogen-bond donors (Lipinski definition) is 4. The summed E-state index contributed by atoms with van der Waals surface area (Å²) in [5.41, 5.74) is 7.02. The van der Waals surface area contributed by atoms with E-state index in [1.165, 1.54) is 50.9 Å². The summed E-state index contributed by atoms with van der Waals surface area (Å²) in [6.45, 7) is 0. The summed E-state index contributed by atoms with van der Waals surface area (Å²) in [5, 5.41) is 27.3. The average molecular weight is 515 g/mol. The third-order valence-electron chi connectivity index (χ3n) is 5.02. The molecule has 0 saturated carbocycles. The van der Waals surface area contributed by atoms with Crippen LogP contribution in [0.2, 0.25) is 0 Å². The molecule has 4 N–H and O–H groups in total. The predicted octanol–water partition coefficient (Wildman–Crippen LogP) is 3.44. The van der Waals surface area contributed by atoms with E-state index in [1.807, 2.05) is 0 Å². The molecule has 0 heterocycles. The van der Waals surface area contributed by atoms with E-state index in [0.29, 0.717) is 22.6 Å². The quantitative estimate of drug-likeness (QED) is 0.186. The highest BCUT2D eigenvalue weighted by atomic mass is 16.5. The number of phenols is 2. The van der Waals surface area contributed by atoms with Gasteiger partial charge in [-0.1, -0.05) is 24.3 Å². The SMILES string of the molecule is COc1ccc(O)c(/C=N/NC(=O)/C=C/c2ccc(/C=C/C(=O)N/N=C/c3cc(OC)ccc3O)cc2)c1. The van der Waals surface area contributed by atoms with Gasteiger partial charge < -0.3 is 19.7 Å². The van der Waals surface area contributed by atoms with E-state index in [-0.39, 0.29) is 11.5 Å². The maximum atomic E-state index is 12.0. The number of nitrogens with one attached hydrogen (secondary N) is 2. The number of rotatable bonds is 10. The van der Waals surface area contributed by atoms with Crippen molar-refractivity contribution in [2.75, 3.05) is 14.2 Å². The minimum absolute atomic E-state index is 0.00667. The molecule has 0 aromatic heterocycles. The number of amides is 2. The fraction of sp³-hybridized carbons (Fsp3) is 0.0714. The Bertz CT molecular complexity index is 1290. The highest BCUT2D eigenvalue weighted by molar-refractivity contribution is 5.94. The molecule has 194 valence electrons. The summed E-state index contributed by atoms with van der Waals surface area (Å²) in [6, 6.07) is 16.4. The number of carbonyl (C=O) groups excluding carboxylic acids is 2. The summed E-state index contributed by atoms with van der Waals surface area (Å²) in [4.78, 5) is 24.0. The van der Waals surface area contributed by atoms with Crippen molar-refractivity contribution in [1.29, 1.82) is 0 Å². The van der Waals surface area contributed by atoms with E-state index in [1.54, 1.807) is 60.7 Å². The second-order valence-electron chi connectivity index (χ2n) is 7.65. The molecule has 0 aliphatic carbocycles. The highest BCUT2D eigenvalue weighted by Crippen LogP contribution is 2.21. The second kappa shape index (κ2) is 13.6. The molecule has 0 unspecified atom stereocenters. The van der Waals surface area contributed by atoms with Crippen LogP contribution in [-0.2, 0) is 9.59 Å². The van der Waals surface area contributed by atoms with Gasteiger partial charge in [0.05, 0.1) is 26.6 Å². The van der Waals surface area contributed by atoms with Gasteiger partial charge in [-0.25, -0.2) is 10.9 Å². The number of ether oxygens (including phenoxy) is 2. The minimum Gasteiger partial charge on any atom is -0.507 e. The number of carbonyl (C=O) groups is 2. The fourth-order valence-electron chi connectivity index (χ4n) is 2.99. The van der Waals surface area contributed by atoms with Crippen LogP contribution in [0.3, 0.4) is 0 Å². The normalized spacial score (nSPS) is 11.4. The van der Waals surface area contributed by atoms with Crippen molar-refractivity contribution in [1.82, 2.24) is 10.9 Å². The zero-order chi connectivity index (χ0) is 27.3. The lowest BCUT2D eigenvalue weighted by Crippen LogP contribution is -2.14. The van der Waals surface area contributed by atoms with E-state index in [0.717, 1.165) is 11.1 Å². The van der Waals surface area contributed by atoms with Crippen LogP contribution in [0.1, 0.15) is 22.3 Å². The zero-order valence-electron chi connectivity index (χ0n) is 20.7. The van der Waals surface area contributed by atoms with Crippen LogP contribution in [0.4, 0.5) is 0 Å². The van der Waals surface area contributed by atoms with Crippen LogP contribution in [0.25, 0.3) is 12.2 Å². The summed E-state index contributed by atoms with van der Waals surface area (Å²) < 4.78 is 10.2. The smallest absolute Gasteiger partial charge is 0.264 e. The summed E-state index contributed by atoms with van der Waals surface area (Å²) in [7, 11) is 3.02. The average Bonchev–Trinajstić information content (AvgIpc) is 2.93. The van der Waals surface area contributed by atoms with Crippen molar-refractivity contribution in [3.63, 3.8) is 0 Å². The first-order chi connectivity index (χ1) is 18.4. The van der Waals surface area contributed by atoms with E-state index in [2.05, 4.69) is 21.1 Å². The number of methoxy groups -OCH3 is 2. The lowest BCUT2D eigenvalue weighted by Gasteiger charge is -2.02. The van der Waals surface area contributed by atoms with Gasteiger partial charge in [0.15, 0.2) is 0 Å². The Kier molecular flexibility index (Phi) is 9.77. The van der Waals surface area contributed by atoms with Crippen LogP contribution in [0.15, 0.2) is 83.0 Å². The topological polar surface area (TPSA) is 142 Å². The van der Waals surface area contributed by atoms with Gasteiger partial charge in [0.1, 0.15) is 23.0 Å². The first kappa shape index (κ1) is 27.2. The molecular weight excluding hydrogens is 488 g/mol. The standard InChI is InChI=1S/C28H26N4O6/c1-37-23-9-11-25(33)21(15-23)17-29-31-27(35)13-7-19-3-5-20(6-4-19)8-14-28(36)32-30-18-22-16-24(38-2)10-12-26(22)34/h3-18,33-34H,1-2H3,(H,31,35)(H,32,36)/b13-7+,14-8+,29-17+,30-18+. The molecule has 0 saturated heterocycles. The lowest BCUT2D eigenvalue weighted by atomic mass is 10.1. The molecule has 3 rings (SSSR count). The number of hydrogen-bond acceptors (Lipinski definition) is 8. The predicted molar refractivity (Wildman–Crippen MR) is 145 cm³/mol. The van der Waals surface area contributed by atoms with Crippen molar-refractivity contribution in [3.8, 4) is 23.0 Å². The van der Waals surface area contributed by atoms with Gasteiger partial charge in [0, 0.05) is 23.3 Å². The maximum Gasteiger partial charge on any atom is 0.264 e. The number of phenolic OH excluding ortho intramolecular Hbond substituents is 2. The van der Waals surface area contributed by atoms with Gasteiger partial charge in [0.25, 0.3) is 11.8 Å². The molecule has 2 amide bonds. The van der Waals surface area contributed by atoms with E-state index < -0.39 is 11.8 Å². The largest absolute Gasteiger partial charge is 0.507 e. The van der Waals surface area contributed by atoms with Gasteiger partial charge >= 0.3 is 0 Å². The van der Waals surface area contributed by atoms with Crippen molar-refractivity contribution < 1.29 is 29.3 Å². The molecule has 10 heteroatoms. The Morgan fingerprint density at radius 3 is 1.45 bits per heavy atom. The minimum atomic E-state index is -0.452. The molecule has 38 heavy (non-hydrogen) atoms. The van der Waals surface area contributed by atoms with Crippen LogP contribution in [0, 0.1) is 0 Å². The molecule has 3 aromatic carbocycles. The van der Waals surface area contributed by atoms with Crippen molar-refractivity contribution in [3.05, 3.63) is 95.1 Å². The van der Waals surface area contributed by atoms with Crippen LogP contribution < -0.4 is 20.3 Å². The molecule has 0 spiro atoms. The third kappa shape index (κ3) is 8.38. The van der Waals surface area contributed by atoms with Crippen LogP contribution in [-0.4, -0.2) is 48.7 Å². The van der Waals surface area contributed by atoms with E-state index in [4.69, 9.17) is 9.47 Å². The highest BCUT2D eigenvalue weighted by Gasteiger charge is 2.02. The molecule has 3 aromatic rings. The van der Waals surface area contributed by atoms with E-state index in [9.17, 15) is 19.8 Å². The zero-order valence-corrected chi connectivity index (χ0v) is 20.7. The Morgan fingerprint density at radius 1 is 0.684 bits per heavy atom. The van der Waals surface area contributed by atoms with Gasteiger partial charge in [-0.15, -0.1) is 0 Å². The molecule has 10 nitrogen and oxygen atoms in total. The second-order valence-corrected chi connectivity index (χ2v) is 7.65.